The Morgan fingerprint density at radius 3 is 2.89 bits per heavy atom. The van der Waals surface area contributed by atoms with Gasteiger partial charge in [0.15, 0.2) is 5.13 Å². The molecule has 0 radical (unpaired) electrons. The van der Waals surface area contributed by atoms with E-state index < -0.39 is 0 Å². The minimum atomic E-state index is -0.0848. The molecule has 0 aliphatic rings. The van der Waals surface area contributed by atoms with Crippen LogP contribution in [0.5, 0.6) is 0 Å². The van der Waals surface area contributed by atoms with Crippen LogP contribution in [0.2, 0.25) is 5.02 Å². The molecule has 0 fully saturated rings. The largest absolute Gasteiger partial charge is 0.365 e. The minimum Gasteiger partial charge on any atom is -0.365 e. The van der Waals surface area contributed by atoms with Crippen LogP contribution in [-0.4, -0.2) is 17.9 Å². The first kappa shape index (κ1) is 13.8. The Bertz CT molecular complexity index is 597. The Kier molecular flexibility index (Phi) is 4.39. The number of aromatic nitrogens is 1. The molecule has 0 bridgehead atoms. The molecule has 100 valence electrons. The standard InChI is InChI=1S/C13H14ClN3OS/c1-8-5-9(14)3-4-11(8)17-12(18)6-10-7-19-13(15-2)16-10/h3-5,7H,6H2,1-2H3,(H,15,16)(H,17,18). The maximum absolute atomic E-state index is 11.9. The average molecular weight is 296 g/mol. The van der Waals surface area contributed by atoms with Crippen LogP contribution in [0.15, 0.2) is 23.6 Å². The van der Waals surface area contributed by atoms with E-state index in [4.69, 9.17) is 11.6 Å². The molecule has 1 aromatic carbocycles. The smallest absolute Gasteiger partial charge is 0.230 e. The van der Waals surface area contributed by atoms with Gasteiger partial charge >= 0.3 is 0 Å². The van der Waals surface area contributed by atoms with Gasteiger partial charge < -0.3 is 10.6 Å². The Morgan fingerprint density at radius 1 is 1.47 bits per heavy atom. The van der Waals surface area contributed by atoms with E-state index in [0.29, 0.717) is 5.02 Å². The number of rotatable bonds is 4. The molecule has 0 saturated carbocycles. The Balaban J connectivity index is 2.01. The molecule has 0 aliphatic carbocycles. The zero-order chi connectivity index (χ0) is 13.8. The first-order valence-electron chi connectivity index (χ1n) is 5.76. The summed E-state index contributed by atoms with van der Waals surface area (Å²) in [5, 5.41) is 9.15. The fraction of sp³-hybridized carbons (Fsp3) is 0.231. The van der Waals surface area contributed by atoms with E-state index in [1.165, 1.54) is 11.3 Å². The quantitative estimate of drug-likeness (QED) is 0.910. The fourth-order valence-electron chi connectivity index (χ4n) is 1.63. The number of nitrogens with one attached hydrogen (secondary N) is 2. The maximum atomic E-state index is 11.9. The number of nitrogens with zero attached hydrogens (tertiary/aromatic N) is 1. The van der Waals surface area contributed by atoms with Crippen molar-refractivity contribution in [3.05, 3.63) is 39.9 Å². The highest BCUT2D eigenvalue weighted by Crippen LogP contribution is 2.20. The number of anilines is 2. The van der Waals surface area contributed by atoms with Gasteiger partial charge in [-0.05, 0) is 30.7 Å². The van der Waals surface area contributed by atoms with Gasteiger partial charge in [-0.3, -0.25) is 4.79 Å². The predicted molar refractivity (Wildman–Crippen MR) is 80.2 cm³/mol. The van der Waals surface area contributed by atoms with Crippen molar-refractivity contribution in [2.45, 2.75) is 13.3 Å². The van der Waals surface area contributed by atoms with Crippen molar-refractivity contribution in [1.82, 2.24) is 4.98 Å². The maximum Gasteiger partial charge on any atom is 0.230 e. The predicted octanol–water partition coefficient (Wildman–Crippen LogP) is 3.33. The highest BCUT2D eigenvalue weighted by Gasteiger charge is 2.09. The normalized spacial score (nSPS) is 10.3. The van der Waals surface area contributed by atoms with Gasteiger partial charge in [0, 0.05) is 23.1 Å². The van der Waals surface area contributed by atoms with Crippen LogP contribution in [0.25, 0.3) is 0 Å². The number of hydrogen-bond donors (Lipinski definition) is 2. The van der Waals surface area contributed by atoms with Crippen LogP contribution in [0.3, 0.4) is 0 Å². The number of amides is 1. The third-order valence-electron chi connectivity index (χ3n) is 2.57. The van der Waals surface area contributed by atoms with Gasteiger partial charge in [-0.2, -0.15) is 0 Å². The minimum absolute atomic E-state index is 0.0848. The molecule has 1 aromatic heterocycles. The van der Waals surface area contributed by atoms with Crippen molar-refractivity contribution in [3.63, 3.8) is 0 Å². The number of carbonyl (C=O) groups is 1. The summed E-state index contributed by atoms with van der Waals surface area (Å²) in [6.07, 6.45) is 0.264. The van der Waals surface area contributed by atoms with Crippen molar-refractivity contribution in [1.29, 1.82) is 0 Å². The van der Waals surface area contributed by atoms with Gasteiger partial charge in [0.2, 0.25) is 5.91 Å². The first-order chi connectivity index (χ1) is 9.08. The van der Waals surface area contributed by atoms with Gasteiger partial charge in [-0.15, -0.1) is 11.3 Å². The van der Waals surface area contributed by atoms with Crippen molar-refractivity contribution >= 4 is 39.7 Å². The van der Waals surface area contributed by atoms with E-state index >= 15 is 0 Å². The summed E-state index contributed by atoms with van der Waals surface area (Å²) >= 11 is 7.36. The van der Waals surface area contributed by atoms with Gasteiger partial charge in [0.05, 0.1) is 12.1 Å². The molecule has 4 nitrogen and oxygen atoms in total. The molecule has 2 N–H and O–H groups in total. The van der Waals surface area contributed by atoms with Crippen molar-refractivity contribution < 1.29 is 4.79 Å². The first-order valence-corrected chi connectivity index (χ1v) is 7.02. The molecule has 2 rings (SSSR count). The molecular formula is C13H14ClN3OS. The summed E-state index contributed by atoms with van der Waals surface area (Å²) in [5.74, 6) is -0.0848. The van der Waals surface area contributed by atoms with Crippen LogP contribution < -0.4 is 10.6 Å². The average Bonchev–Trinajstić information content (AvgIpc) is 2.80. The van der Waals surface area contributed by atoms with E-state index in [0.717, 1.165) is 22.1 Å². The lowest BCUT2D eigenvalue weighted by Crippen LogP contribution is -2.15. The summed E-state index contributed by atoms with van der Waals surface area (Å²) in [6, 6.07) is 5.38. The molecule has 6 heteroatoms. The van der Waals surface area contributed by atoms with Crippen LogP contribution in [-0.2, 0) is 11.2 Å². The third kappa shape index (κ3) is 3.68. The topological polar surface area (TPSA) is 54.0 Å². The van der Waals surface area contributed by atoms with Gasteiger partial charge in [0.1, 0.15) is 0 Å². The van der Waals surface area contributed by atoms with Crippen LogP contribution in [0.1, 0.15) is 11.3 Å². The number of benzene rings is 1. The van der Waals surface area contributed by atoms with E-state index in [-0.39, 0.29) is 12.3 Å². The van der Waals surface area contributed by atoms with Crippen LogP contribution >= 0.6 is 22.9 Å². The number of carbonyl (C=O) groups excluding carboxylic acids is 1. The zero-order valence-corrected chi connectivity index (χ0v) is 12.2. The van der Waals surface area contributed by atoms with Crippen molar-refractivity contribution in [2.75, 3.05) is 17.7 Å². The summed E-state index contributed by atoms with van der Waals surface area (Å²) in [7, 11) is 1.81. The van der Waals surface area contributed by atoms with Gasteiger partial charge in [-0.1, -0.05) is 11.6 Å². The van der Waals surface area contributed by atoms with E-state index in [1.807, 2.05) is 18.4 Å². The van der Waals surface area contributed by atoms with Gasteiger partial charge in [-0.25, -0.2) is 4.98 Å². The third-order valence-corrected chi connectivity index (χ3v) is 3.71. The second-order valence-electron chi connectivity index (χ2n) is 4.08. The molecule has 0 unspecified atom stereocenters. The lowest BCUT2D eigenvalue weighted by Gasteiger charge is -2.07. The number of halogens is 1. The van der Waals surface area contributed by atoms with E-state index in [1.54, 1.807) is 19.2 Å². The highest BCUT2D eigenvalue weighted by molar-refractivity contribution is 7.13. The molecule has 1 heterocycles. The molecule has 19 heavy (non-hydrogen) atoms. The Morgan fingerprint density at radius 2 is 2.26 bits per heavy atom. The van der Waals surface area contributed by atoms with Crippen LogP contribution in [0, 0.1) is 6.92 Å². The number of thiazole rings is 1. The lowest BCUT2D eigenvalue weighted by molar-refractivity contribution is -0.115. The summed E-state index contributed by atoms with van der Waals surface area (Å²) < 4.78 is 0. The highest BCUT2D eigenvalue weighted by atomic mass is 35.5. The molecule has 0 saturated heterocycles. The molecule has 1 amide bonds. The zero-order valence-electron chi connectivity index (χ0n) is 10.7. The molecule has 2 aromatic rings. The monoisotopic (exact) mass is 295 g/mol. The molecular weight excluding hydrogens is 282 g/mol. The molecule has 0 aliphatic heterocycles. The SMILES string of the molecule is CNc1nc(CC(=O)Nc2ccc(Cl)cc2C)cs1. The lowest BCUT2D eigenvalue weighted by atomic mass is 10.2. The Hall–Kier alpha value is -1.59. The summed E-state index contributed by atoms with van der Waals surface area (Å²) in [4.78, 5) is 16.2. The molecule has 0 atom stereocenters. The van der Waals surface area contributed by atoms with E-state index in [9.17, 15) is 4.79 Å². The fourth-order valence-corrected chi connectivity index (χ4v) is 2.53. The summed E-state index contributed by atoms with van der Waals surface area (Å²) in [5.41, 5.74) is 2.48. The number of aryl methyl sites for hydroxylation is 1. The second-order valence-corrected chi connectivity index (χ2v) is 5.37. The number of hydrogen-bond acceptors (Lipinski definition) is 4. The summed E-state index contributed by atoms with van der Waals surface area (Å²) in [6.45, 7) is 1.91. The van der Waals surface area contributed by atoms with Crippen molar-refractivity contribution in [3.8, 4) is 0 Å². The van der Waals surface area contributed by atoms with Gasteiger partial charge in [0.25, 0.3) is 0 Å². The Labute approximate surface area is 120 Å². The second kappa shape index (κ2) is 6.04. The van der Waals surface area contributed by atoms with E-state index in [2.05, 4.69) is 15.6 Å². The van der Waals surface area contributed by atoms with Crippen molar-refractivity contribution in [2.24, 2.45) is 0 Å². The molecule has 0 spiro atoms. The van der Waals surface area contributed by atoms with Crippen LogP contribution in [0.4, 0.5) is 10.8 Å².